The SMILES string of the molecule is CC1NC=C(NC(=O)CN2CC3(CCOCC3)C2)C=C1NC(=O)c1cnn2cc(-c3cnn4c3OCCC4)sc12. The fourth-order valence-corrected chi connectivity index (χ4v) is 6.96. The molecule has 0 bridgehead atoms. The topological polar surface area (TPSA) is 127 Å². The van der Waals surface area contributed by atoms with E-state index in [0.717, 1.165) is 73.3 Å². The lowest BCUT2D eigenvalue weighted by Gasteiger charge is -2.52. The average Bonchev–Trinajstić information content (AvgIpc) is 3.64. The summed E-state index contributed by atoms with van der Waals surface area (Å²) < 4.78 is 14.9. The number of likely N-dealkylation sites (tertiary alicyclic amines) is 1. The van der Waals surface area contributed by atoms with Gasteiger partial charge in [-0.05, 0) is 25.8 Å². The van der Waals surface area contributed by atoms with E-state index in [4.69, 9.17) is 9.47 Å². The first kappa shape index (κ1) is 25.3. The van der Waals surface area contributed by atoms with Gasteiger partial charge in [-0.3, -0.25) is 14.5 Å². The maximum absolute atomic E-state index is 13.3. The predicted molar refractivity (Wildman–Crippen MR) is 148 cm³/mol. The molecule has 3 N–H and O–H groups in total. The van der Waals surface area contributed by atoms with E-state index >= 15 is 0 Å². The van der Waals surface area contributed by atoms with Crippen LogP contribution < -0.4 is 20.7 Å². The summed E-state index contributed by atoms with van der Waals surface area (Å²) in [5, 5.41) is 18.1. The number of hydrogen-bond acceptors (Lipinski definition) is 9. The van der Waals surface area contributed by atoms with Crippen LogP contribution >= 0.6 is 11.3 Å². The van der Waals surface area contributed by atoms with Gasteiger partial charge in [0.25, 0.3) is 5.91 Å². The van der Waals surface area contributed by atoms with Crippen molar-refractivity contribution in [1.29, 1.82) is 0 Å². The Balaban J connectivity index is 1.00. The van der Waals surface area contributed by atoms with E-state index in [-0.39, 0.29) is 17.9 Å². The van der Waals surface area contributed by atoms with Crippen LogP contribution in [0.3, 0.4) is 0 Å². The molecule has 7 heterocycles. The van der Waals surface area contributed by atoms with Crippen molar-refractivity contribution in [3.8, 4) is 16.3 Å². The fraction of sp³-hybridized carbons (Fsp3) is 0.481. The van der Waals surface area contributed by atoms with E-state index in [9.17, 15) is 9.59 Å². The van der Waals surface area contributed by atoms with Crippen LogP contribution in [0.15, 0.2) is 42.3 Å². The maximum atomic E-state index is 13.3. The Hall–Kier alpha value is -3.68. The van der Waals surface area contributed by atoms with Crippen molar-refractivity contribution in [3.05, 3.63) is 47.8 Å². The Morgan fingerprint density at radius 1 is 1.18 bits per heavy atom. The minimum atomic E-state index is -0.258. The monoisotopic (exact) mass is 564 g/mol. The van der Waals surface area contributed by atoms with E-state index in [1.54, 1.807) is 23.1 Å². The Bertz CT molecular complexity index is 1520. The van der Waals surface area contributed by atoms with Crippen molar-refractivity contribution in [2.24, 2.45) is 5.41 Å². The van der Waals surface area contributed by atoms with E-state index in [0.29, 0.717) is 35.5 Å². The molecule has 210 valence electrons. The minimum absolute atomic E-state index is 0.0674. The van der Waals surface area contributed by atoms with Crippen molar-refractivity contribution in [3.63, 3.8) is 0 Å². The lowest BCUT2D eigenvalue weighted by atomic mass is 9.73. The van der Waals surface area contributed by atoms with Crippen molar-refractivity contribution in [2.75, 3.05) is 39.5 Å². The van der Waals surface area contributed by atoms with Gasteiger partial charge >= 0.3 is 0 Å². The van der Waals surface area contributed by atoms with Crippen LogP contribution in [0.1, 0.15) is 36.5 Å². The van der Waals surface area contributed by atoms with Gasteiger partial charge in [-0.15, -0.1) is 11.3 Å². The second kappa shape index (κ2) is 10.1. The molecular weight excluding hydrogens is 532 g/mol. The highest BCUT2D eigenvalue weighted by atomic mass is 32.1. The number of thiazole rings is 1. The number of hydrogen-bond donors (Lipinski definition) is 3. The Morgan fingerprint density at radius 2 is 2.02 bits per heavy atom. The maximum Gasteiger partial charge on any atom is 0.260 e. The number of aromatic nitrogens is 4. The molecule has 0 aliphatic carbocycles. The van der Waals surface area contributed by atoms with Crippen LogP contribution in [0, 0.1) is 5.41 Å². The molecule has 2 fully saturated rings. The molecule has 4 aliphatic rings. The first-order valence-corrected chi connectivity index (χ1v) is 14.5. The molecule has 3 aromatic rings. The van der Waals surface area contributed by atoms with E-state index in [2.05, 4.69) is 31.0 Å². The van der Waals surface area contributed by atoms with Crippen LogP contribution in [0.4, 0.5) is 0 Å². The van der Waals surface area contributed by atoms with Gasteiger partial charge in [-0.2, -0.15) is 10.2 Å². The second-order valence-electron chi connectivity index (χ2n) is 11.0. The third-order valence-electron chi connectivity index (χ3n) is 8.10. The Kier molecular flexibility index (Phi) is 6.36. The lowest BCUT2D eigenvalue weighted by molar-refractivity contribution is -0.128. The summed E-state index contributed by atoms with van der Waals surface area (Å²) in [4.78, 5) is 29.9. The van der Waals surface area contributed by atoms with Gasteiger partial charge in [0, 0.05) is 62.8 Å². The molecular formula is C27H32N8O4S. The summed E-state index contributed by atoms with van der Waals surface area (Å²) in [6, 6.07) is -0.130. The average molecular weight is 565 g/mol. The third kappa shape index (κ3) is 4.67. The molecule has 0 saturated carbocycles. The summed E-state index contributed by atoms with van der Waals surface area (Å²) in [6.07, 6.45) is 11.9. The highest BCUT2D eigenvalue weighted by Crippen LogP contribution is 2.39. The smallest absolute Gasteiger partial charge is 0.260 e. The zero-order chi connectivity index (χ0) is 27.3. The molecule has 1 unspecified atom stereocenters. The van der Waals surface area contributed by atoms with Crippen LogP contribution in [0.5, 0.6) is 5.88 Å². The number of ether oxygens (including phenoxy) is 2. The normalized spacial score (nSPS) is 22.0. The molecule has 2 saturated heterocycles. The number of allylic oxidation sites excluding steroid dienone is 1. The molecule has 1 atom stereocenters. The number of aryl methyl sites for hydroxylation is 1. The molecule has 0 aromatic carbocycles. The van der Waals surface area contributed by atoms with Crippen molar-refractivity contribution in [2.45, 2.75) is 38.8 Å². The molecule has 13 heteroatoms. The fourth-order valence-electron chi connectivity index (χ4n) is 5.90. The number of nitrogens with one attached hydrogen (secondary N) is 3. The minimum Gasteiger partial charge on any atom is -0.477 e. The van der Waals surface area contributed by atoms with Gasteiger partial charge in [0.15, 0.2) is 0 Å². The van der Waals surface area contributed by atoms with Crippen molar-refractivity contribution < 1.29 is 19.1 Å². The van der Waals surface area contributed by atoms with Crippen molar-refractivity contribution in [1.82, 2.24) is 40.2 Å². The largest absolute Gasteiger partial charge is 0.477 e. The number of amides is 2. The van der Waals surface area contributed by atoms with Crippen LogP contribution in [-0.4, -0.2) is 81.6 Å². The first-order chi connectivity index (χ1) is 19.5. The first-order valence-electron chi connectivity index (χ1n) is 13.7. The number of rotatable bonds is 6. The quantitative estimate of drug-likeness (QED) is 0.413. The zero-order valence-electron chi connectivity index (χ0n) is 22.3. The number of nitrogens with zero attached hydrogens (tertiary/aromatic N) is 5. The van der Waals surface area contributed by atoms with Crippen LogP contribution in [-0.2, 0) is 16.1 Å². The summed E-state index contributed by atoms with van der Waals surface area (Å²) in [6.45, 7) is 7.32. The van der Waals surface area contributed by atoms with Crippen LogP contribution in [0.25, 0.3) is 15.3 Å². The number of dihydropyridines is 1. The Morgan fingerprint density at radius 3 is 2.88 bits per heavy atom. The molecule has 0 radical (unpaired) electrons. The predicted octanol–water partition coefficient (Wildman–Crippen LogP) is 1.72. The summed E-state index contributed by atoms with van der Waals surface area (Å²) in [5.74, 6) is 0.432. The summed E-state index contributed by atoms with van der Waals surface area (Å²) in [7, 11) is 0. The van der Waals surface area contributed by atoms with Crippen LogP contribution in [0.2, 0.25) is 0 Å². The molecule has 40 heavy (non-hydrogen) atoms. The molecule has 4 aliphatic heterocycles. The van der Waals surface area contributed by atoms with Gasteiger partial charge < -0.3 is 25.4 Å². The van der Waals surface area contributed by atoms with Gasteiger partial charge in [-0.25, -0.2) is 9.20 Å². The molecule has 3 aromatic heterocycles. The van der Waals surface area contributed by atoms with Gasteiger partial charge in [0.05, 0.1) is 53.3 Å². The molecule has 2 amide bonds. The number of fused-ring (bicyclic) bond motifs is 2. The van der Waals surface area contributed by atoms with Gasteiger partial charge in [-0.1, -0.05) is 0 Å². The number of carbonyl (C=O) groups is 2. The summed E-state index contributed by atoms with van der Waals surface area (Å²) in [5.41, 5.74) is 2.99. The molecule has 7 rings (SSSR count). The number of carbonyl (C=O) groups excluding carboxylic acids is 2. The van der Waals surface area contributed by atoms with E-state index in [1.807, 2.05) is 23.9 Å². The third-order valence-corrected chi connectivity index (χ3v) is 9.24. The highest BCUT2D eigenvalue weighted by Gasteiger charge is 2.44. The standard InChI is InChI=1S/C27H32N8O4S/c1-17-21(9-18(10-28-17)31-23(36)14-33-15-27(16-33)3-7-38-8-4-27)32-24(37)20-12-30-35-13-22(40-26(20)35)19-11-29-34-5-2-6-39-25(19)34/h9-13,17,28H,2-8,14-16H2,1H3,(H,31,36)(H,32,37). The molecule has 1 spiro atoms. The second-order valence-corrected chi connectivity index (χ2v) is 12.1. The molecule has 12 nitrogen and oxygen atoms in total. The van der Waals surface area contributed by atoms with Crippen molar-refractivity contribution >= 4 is 28.0 Å². The van der Waals surface area contributed by atoms with E-state index in [1.165, 1.54) is 11.3 Å². The highest BCUT2D eigenvalue weighted by molar-refractivity contribution is 7.21. The van der Waals surface area contributed by atoms with E-state index < -0.39 is 0 Å². The van der Waals surface area contributed by atoms with Gasteiger partial charge in [0.2, 0.25) is 11.8 Å². The summed E-state index contributed by atoms with van der Waals surface area (Å²) >= 11 is 1.47. The van der Waals surface area contributed by atoms with Gasteiger partial charge in [0.1, 0.15) is 4.83 Å². The lowest BCUT2D eigenvalue weighted by Crippen LogP contribution is -2.60. The zero-order valence-corrected chi connectivity index (χ0v) is 23.1. The Labute approximate surface area is 235 Å².